The number of nitrogens with one attached hydrogen (secondary N) is 1. The fourth-order valence-corrected chi connectivity index (χ4v) is 2.51. The van der Waals surface area contributed by atoms with Gasteiger partial charge < -0.3 is 11.1 Å². The van der Waals surface area contributed by atoms with Crippen molar-refractivity contribution in [3.63, 3.8) is 0 Å². The number of halogens is 2. The first-order valence-electron chi connectivity index (χ1n) is 6.56. The third-order valence-corrected chi connectivity index (χ3v) is 3.71. The quantitative estimate of drug-likeness (QED) is 0.846. The number of benzene rings is 1. The zero-order chi connectivity index (χ0) is 13.8. The molecule has 1 aromatic carbocycles. The molecule has 0 saturated heterocycles. The molecule has 112 valence electrons. The number of carbonyl (C=O) groups excluding carboxylic acids is 1. The topological polar surface area (TPSA) is 58.4 Å². The minimum atomic E-state index is -0.0381. The molecule has 2 rings (SSSR count). The molecule has 20 heavy (non-hydrogen) atoms. The number of likely N-dealkylation sites (N-methyl/N-ethyl adjacent to an activating group) is 1. The normalized spacial score (nSPS) is 15.6. The molecule has 0 aromatic heterocycles. The van der Waals surface area contributed by atoms with E-state index >= 15 is 0 Å². The molecular formula is C14H21Cl2N3O. The van der Waals surface area contributed by atoms with Crippen molar-refractivity contribution in [3.05, 3.63) is 29.3 Å². The Labute approximate surface area is 131 Å². The SMILES string of the molecule is CN(CC(=O)Nc1cccc(Cl)c1)C(CN)C1CC1.Cl. The van der Waals surface area contributed by atoms with Gasteiger partial charge in [-0.1, -0.05) is 17.7 Å². The van der Waals surface area contributed by atoms with E-state index in [2.05, 4.69) is 5.32 Å². The van der Waals surface area contributed by atoms with Gasteiger partial charge in [0.25, 0.3) is 0 Å². The Hall–Kier alpha value is -0.810. The molecule has 1 fully saturated rings. The van der Waals surface area contributed by atoms with Crippen LogP contribution >= 0.6 is 24.0 Å². The molecule has 1 saturated carbocycles. The summed E-state index contributed by atoms with van der Waals surface area (Å²) in [5, 5.41) is 3.46. The first kappa shape index (κ1) is 17.2. The fourth-order valence-electron chi connectivity index (χ4n) is 2.32. The molecule has 0 radical (unpaired) electrons. The van der Waals surface area contributed by atoms with E-state index in [1.54, 1.807) is 12.1 Å². The molecule has 0 spiro atoms. The smallest absolute Gasteiger partial charge is 0.238 e. The van der Waals surface area contributed by atoms with Gasteiger partial charge in [-0.3, -0.25) is 9.69 Å². The van der Waals surface area contributed by atoms with E-state index in [9.17, 15) is 4.79 Å². The van der Waals surface area contributed by atoms with Gasteiger partial charge in [0.2, 0.25) is 5.91 Å². The van der Waals surface area contributed by atoms with E-state index in [4.69, 9.17) is 17.3 Å². The molecule has 4 nitrogen and oxygen atoms in total. The zero-order valence-electron chi connectivity index (χ0n) is 11.5. The van der Waals surface area contributed by atoms with Gasteiger partial charge in [0.15, 0.2) is 0 Å². The second-order valence-electron chi connectivity index (χ2n) is 5.11. The van der Waals surface area contributed by atoms with Crippen LogP contribution in [0.1, 0.15) is 12.8 Å². The molecule has 6 heteroatoms. The van der Waals surface area contributed by atoms with Crippen LogP contribution in [0, 0.1) is 5.92 Å². The van der Waals surface area contributed by atoms with Gasteiger partial charge >= 0.3 is 0 Å². The molecule has 0 aliphatic heterocycles. The summed E-state index contributed by atoms with van der Waals surface area (Å²) in [4.78, 5) is 14.0. The summed E-state index contributed by atoms with van der Waals surface area (Å²) >= 11 is 5.88. The zero-order valence-corrected chi connectivity index (χ0v) is 13.1. The van der Waals surface area contributed by atoms with Crippen LogP contribution in [0.4, 0.5) is 5.69 Å². The average molecular weight is 318 g/mol. The molecule has 1 unspecified atom stereocenters. The van der Waals surface area contributed by atoms with Crippen LogP contribution in [0.3, 0.4) is 0 Å². The van der Waals surface area contributed by atoms with Crippen LogP contribution in [0.5, 0.6) is 0 Å². The second-order valence-corrected chi connectivity index (χ2v) is 5.55. The van der Waals surface area contributed by atoms with E-state index in [0.717, 1.165) is 5.69 Å². The lowest BCUT2D eigenvalue weighted by atomic mass is 10.1. The van der Waals surface area contributed by atoms with Crippen molar-refractivity contribution < 1.29 is 4.79 Å². The van der Waals surface area contributed by atoms with Crippen molar-refractivity contribution in [2.75, 3.05) is 25.5 Å². The lowest BCUT2D eigenvalue weighted by molar-refractivity contribution is -0.117. The van der Waals surface area contributed by atoms with Crippen molar-refractivity contribution in [2.24, 2.45) is 11.7 Å². The summed E-state index contributed by atoms with van der Waals surface area (Å²) in [6.07, 6.45) is 2.45. The maximum Gasteiger partial charge on any atom is 0.238 e. The fraction of sp³-hybridized carbons (Fsp3) is 0.500. The van der Waals surface area contributed by atoms with E-state index in [-0.39, 0.29) is 18.3 Å². The van der Waals surface area contributed by atoms with Crippen LogP contribution in [-0.4, -0.2) is 37.0 Å². The van der Waals surface area contributed by atoms with Crippen LogP contribution in [0.15, 0.2) is 24.3 Å². The molecule has 0 bridgehead atoms. The number of amides is 1. The number of hydrogen-bond acceptors (Lipinski definition) is 3. The Morgan fingerprint density at radius 3 is 2.80 bits per heavy atom. The van der Waals surface area contributed by atoms with Crippen LogP contribution in [0.2, 0.25) is 5.02 Å². The van der Waals surface area contributed by atoms with Gasteiger partial charge in [0, 0.05) is 23.3 Å². The Bertz CT molecular complexity index is 452. The maximum absolute atomic E-state index is 12.0. The lowest BCUT2D eigenvalue weighted by Gasteiger charge is -2.26. The lowest BCUT2D eigenvalue weighted by Crippen LogP contribution is -2.43. The van der Waals surface area contributed by atoms with E-state index in [0.29, 0.717) is 30.1 Å². The Kier molecular flexibility index (Phi) is 6.76. The Morgan fingerprint density at radius 2 is 2.25 bits per heavy atom. The summed E-state index contributed by atoms with van der Waals surface area (Å²) in [5.41, 5.74) is 6.50. The van der Waals surface area contributed by atoms with Gasteiger partial charge in [0.1, 0.15) is 0 Å². The molecular weight excluding hydrogens is 297 g/mol. The van der Waals surface area contributed by atoms with Crippen molar-refractivity contribution >= 4 is 35.6 Å². The monoisotopic (exact) mass is 317 g/mol. The second kappa shape index (κ2) is 7.84. The third-order valence-electron chi connectivity index (χ3n) is 3.48. The van der Waals surface area contributed by atoms with E-state index in [1.165, 1.54) is 12.8 Å². The molecule has 1 amide bonds. The minimum absolute atomic E-state index is 0. The summed E-state index contributed by atoms with van der Waals surface area (Å²) in [6, 6.07) is 7.46. The summed E-state index contributed by atoms with van der Waals surface area (Å²) in [6.45, 7) is 0.955. The van der Waals surface area contributed by atoms with Gasteiger partial charge in [-0.05, 0) is 44.0 Å². The molecule has 3 N–H and O–H groups in total. The van der Waals surface area contributed by atoms with Crippen molar-refractivity contribution in [1.82, 2.24) is 4.90 Å². The maximum atomic E-state index is 12.0. The highest BCUT2D eigenvalue weighted by Crippen LogP contribution is 2.34. The standard InChI is InChI=1S/C14H20ClN3O.ClH/c1-18(13(8-16)10-5-6-10)9-14(19)17-12-4-2-3-11(15)7-12;/h2-4,7,10,13H,5-6,8-9,16H2,1H3,(H,17,19);1H. The van der Waals surface area contributed by atoms with E-state index < -0.39 is 0 Å². The van der Waals surface area contributed by atoms with Gasteiger partial charge in [-0.15, -0.1) is 12.4 Å². The van der Waals surface area contributed by atoms with Gasteiger partial charge in [-0.2, -0.15) is 0 Å². The number of hydrogen-bond donors (Lipinski definition) is 2. The van der Waals surface area contributed by atoms with Crippen LogP contribution in [0.25, 0.3) is 0 Å². The van der Waals surface area contributed by atoms with Crippen LogP contribution in [-0.2, 0) is 4.79 Å². The molecule has 1 aromatic rings. The highest BCUT2D eigenvalue weighted by atomic mass is 35.5. The van der Waals surface area contributed by atoms with Crippen LogP contribution < -0.4 is 11.1 Å². The Balaban J connectivity index is 0.00000200. The van der Waals surface area contributed by atoms with E-state index in [1.807, 2.05) is 24.1 Å². The number of anilines is 1. The van der Waals surface area contributed by atoms with Gasteiger partial charge in [-0.25, -0.2) is 0 Å². The summed E-state index contributed by atoms with van der Waals surface area (Å²) in [7, 11) is 1.95. The third kappa shape index (κ3) is 4.94. The summed E-state index contributed by atoms with van der Waals surface area (Å²) < 4.78 is 0. The number of rotatable bonds is 6. The molecule has 0 heterocycles. The Morgan fingerprint density at radius 1 is 1.55 bits per heavy atom. The van der Waals surface area contributed by atoms with Crippen molar-refractivity contribution in [3.8, 4) is 0 Å². The van der Waals surface area contributed by atoms with Gasteiger partial charge in [0.05, 0.1) is 6.54 Å². The first-order valence-corrected chi connectivity index (χ1v) is 6.93. The number of nitrogens with two attached hydrogens (primary N) is 1. The predicted molar refractivity (Wildman–Crippen MR) is 85.5 cm³/mol. The molecule has 1 aliphatic carbocycles. The average Bonchev–Trinajstić information content (AvgIpc) is 3.14. The highest BCUT2D eigenvalue weighted by Gasteiger charge is 2.33. The highest BCUT2D eigenvalue weighted by molar-refractivity contribution is 6.30. The molecule has 1 aliphatic rings. The first-order chi connectivity index (χ1) is 9.10. The molecule has 1 atom stereocenters. The van der Waals surface area contributed by atoms with Crippen molar-refractivity contribution in [2.45, 2.75) is 18.9 Å². The minimum Gasteiger partial charge on any atom is -0.329 e. The number of nitrogens with zero attached hydrogens (tertiary/aromatic N) is 1. The predicted octanol–water partition coefficient (Wildman–Crippen LogP) is 2.37. The number of carbonyl (C=O) groups is 1. The largest absolute Gasteiger partial charge is 0.329 e. The van der Waals surface area contributed by atoms with Crippen molar-refractivity contribution in [1.29, 1.82) is 0 Å². The summed E-state index contributed by atoms with van der Waals surface area (Å²) in [5.74, 6) is 0.623.